The van der Waals surface area contributed by atoms with Crippen LogP contribution in [-0.4, -0.2) is 24.2 Å². The molecule has 1 aliphatic rings. The third-order valence-electron chi connectivity index (χ3n) is 3.28. The van der Waals surface area contributed by atoms with Crippen molar-refractivity contribution in [2.75, 3.05) is 13.1 Å². The summed E-state index contributed by atoms with van der Waals surface area (Å²) in [4.78, 5) is 3.91. The number of nitrogens with one attached hydrogen (secondary N) is 1. The first-order valence-electron chi connectivity index (χ1n) is 5.35. The van der Waals surface area contributed by atoms with Crippen LogP contribution >= 0.6 is 15.9 Å². The van der Waals surface area contributed by atoms with Crippen LogP contribution < -0.4 is 5.32 Å². The highest BCUT2D eigenvalue weighted by molar-refractivity contribution is 9.10. The van der Waals surface area contributed by atoms with Crippen LogP contribution in [0.15, 0.2) is 22.9 Å². The zero-order valence-electron chi connectivity index (χ0n) is 9.02. The van der Waals surface area contributed by atoms with Crippen LogP contribution in [-0.2, 0) is 5.41 Å². The first-order valence-corrected chi connectivity index (χ1v) is 6.14. The van der Waals surface area contributed by atoms with Gasteiger partial charge in [-0.1, -0.05) is 6.07 Å². The van der Waals surface area contributed by atoms with Crippen molar-refractivity contribution < 1.29 is 13.2 Å². The quantitative estimate of drug-likeness (QED) is 0.807. The topological polar surface area (TPSA) is 24.9 Å². The maximum absolute atomic E-state index is 13.3. The number of hydrogen-bond acceptors (Lipinski definition) is 2. The maximum atomic E-state index is 13.3. The van der Waals surface area contributed by atoms with E-state index in [4.69, 9.17) is 0 Å². The number of nitrogens with zero attached hydrogens (tertiary/aromatic N) is 1. The first-order chi connectivity index (χ1) is 7.96. The van der Waals surface area contributed by atoms with E-state index in [2.05, 4.69) is 26.2 Å². The fraction of sp³-hybridized carbons (Fsp3) is 0.545. The van der Waals surface area contributed by atoms with Crippen molar-refractivity contribution in [2.45, 2.75) is 24.4 Å². The van der Waals surface area contributed by atoms with Gasteiger partial charge in [-0.25, -0.2) is 4.98 Å². The van der Waals surface area contributed by atoms with Gasteiger partial charge in [-0.2, -0.15) is 13.2 Å². The van der Waals surface area contributed by atoms with E-state index in [0.717, 1.165) is 0 Å². The summed E-state index contributed by atoms with van der Waals surface area (Å²) < 4.78 is 40.5. The lowest BCUT2D eigenvalue weighted by molar-refractivity contribution is -0.198. The maximum Gasteiger partial charge on any atom is 0.398 e. The van der Waals surface area contributed by atoms with Gasteiger partial charge in [0.15, 0.2) is 0 Å². The zero-order chi connectivity index (χ0) is 12.5. The predicted molar refractivity (Wildman–Crippen MR) is 61.8 cm³/mol. The Bertz CT molecular complexity index is 383. The second-order valence-electron chi connectivity index (χ2n) is 4.20. The van der Waals surface area contributed by atoms with Gasteiger partial charge in [0.05, 0.1) is 5.41 Å². The van der Waals surface area contributed by atoms with E-state index in [1.807, 2.05) is 0 Å². The van der Waals surface area contributed by atoms with E-state index in [-0.39, 0.29) is 18.4 Å². The molecular weight excluding hydrogens is 297 g/mol. The lowest BCUT2D eigenvalue weighted by atomic mass is 9.73. The molecule has 1 aliphatic heterocycles. The van der Waals surface area contributed by atoms with Gasteiger partial charge in [-0.15, -0.1) is 0 Å². The normalized spacial score (nSPS) is 20.2. The molecule has 0 radical (unpaired) electrons. The van der Waals surface area contributed by atoms with Crippen molar-refractivity contribution in [3.05, 3.63) is 28.5 Å². The van der Waals surface area contributed by atoms with E-state index >= 15 is 0 Å². The third-order valence-corrected chi connectivity index (χ3v) is 3.75. The molecule has 0 amide bonds. The van der Waals surface area contributed by atoms with Crippen LogP contribution in [0.1, 0.15) is 18.4 Å². The molecule has 2 heterocycles. The summed E-state index contributed by atoms with van der Waals surface area (Å²) in [6.45, 7) is 0.769. The molecule has 2 rings (SSSR count). The Morgan fingerprint density at radius 1 is 1.24 bits per heavy atom. The van der Waals surface area contributed by atoms with Crippen molar-refractivity contribution in [1.82, 2.24) is 10.3 Å². The van der Waals surface area contributed by atoms with Crippen LogP contribution in [0.5, 0.6) is 0 Å². The molecule has 2 nitrogen and oxygen atoms in total. The molecule has 17 heavy (non-hydrogen) atoms. The van der Waals surface area contributed by atoms with Crippen LogP contribution in [0.4, 0.5) is 13.2 Å². The van der Waals surface area contributed by atoms with Crippen LogP contribution in [0.25, 0.3) is 0 Å². The number of halogens is 4. The lowest BCUT2D eigenvalue weighted by Crippen LogP contribution is -2.49. The summed E-state index contributed by atoms with van der Waals surface area (Å²) in [5.41, 5.74) is -1.49. The predicted octanol–water partition coefficient (Wildman–Crippen LogP) is 3.03. The van der Waals surface area contributed by atoms with Gasteiger partial charge < -0.3 is 5.32 Å². The van der Waals surface area contributed by atoms with E-state index in [1.54, 1.807) is 6.07 Å². The van der Waals surface area contributed by atoms with Gasteiger partial charge in [0.2, 0.25) is 0 Å². The number of hydrogen-bond donors (Lipinski definition) is 1. The summed E-state index contributed by atoms with van der Waals surface area (Å²) >= 11 is 3.13. The van der Waals surface area contributed by atoms with E-state index in [9.17, 15) is 13.2 Å². The van der Waals surface area contributed by atoms with Gasteiger partial charge in [0.25, 0.3) is 0 Å². The van der Waals surface area contributed by atoms with Gasteiger partial charge in [0.1, 0.15) is 4.60 Å². The molecule has 1 aromatic rings. The molecule has 1 aromatic heterocycles. The highest BCUT2D eigenvalue weighted by atomic mass is 79.9. The standard InChI is InChI=1S/C11H12BrF3N2/c12-9-2-1-8(7-17-9)10(11(13,14)15)3-5-16-6-4-10/h1-2,7,16H,3-6H2. The fourth-order valence-electron chi connectivity index (χ4n) is 2.25. The van der Waals surface area contributed by atoms with Crippen LogP contribution in [0.3, 0.4) is 0 Å². The smallest absolute Gasteiger partial charge is 0.317 e. The average molecular weight is 309 g/mol. The van der Waals surface area contributed by atoms with Crippen molar-refractivity contribution >= 4 is 15.9 Å². The highest BCUT2D eigenvalue weighted by Crippen LogP contribution is 2.47. The monoisotopic (exact) mass is 308 g/mol. The summed E-state index contributed by atoms with van der Waals surface area (Å²) in [5.74, 6) is 0. The Morgan fingerprint density at radius 2 is 1.88 bits per heavy atom. The molecule has 0 aliphatic carbocycles. The third kappa shape index (κ3) is 2.33. The van der Waals surface area contributed by atoms with Gasteiger partial charge in [0, 0.05) is 6.20 Å². The summed E-state index contributed by atoms with van der Waals surface area (Å²) in [6, 6.07) is 3.07. The minimum atomic E-state index is -4.23. The molecule has 94 valence electrons. The molecule has 0 atom stereocenters. The van der Waals surface area contributed by atoms with Crippen molar-refractivity contribution in [1.29, 1.82) is 0 Å². The molecule has 0 bridgehead atoms. The molecule has 1 fully saturated rings. The molecule has 1 saturated heterocycles. The average Bonchev–Trinajstić information content (AvgIpc) is 2.29. The van der Waals surface area contributed by atoms with Gasteiger partial charge in [-0.3, -0.25) is 0 Å². The molecule has 1 N–H and O–H groups in total. The Kier molecular flexibility index (Phi) is 3.45. The molecule has 0 saturated carbocycles. The Hall–Kier alpha value is -0.620. The van der Waals surface area contributed by atoms with E-state index < -0.39 is 11.6 Å². The van der Waals surface area contributed by atoms with E-state index in [1.165, 1.54) is 12.3 Å². The molecule has 0 unspecified atom stereocenters. The lowest BCUT2D eigenvalue weighted by Gasteiger charge is -2.39. The number of piperidine rings is 1. The van der Waals surface area contributed by atoms with Gasteiger partial charge >= 0.3 is 6.18 Å². The van der Waals surface area contributed by atoms with Crippen LogP contribution in [0, 0.1) is 0 Å². The number of rotatable bonds is 1. The van der Waals surface area contributed by atoms with Gasteiger partial charge in [-0.05, 0) is 53.5 Å². The SMILES string of the molecule is FC(F)(F)C1(c2ccc(Br)nc2)CCNCC1. The Labute approximate surface area is 106 Å². The van der Waals surface area contributed by atoms with Crippen molar-refractivity contribution in [2.24, 2.45) is 0 Å². The fourth-order valence-corrected chi connectivity index (χ4v) is 2.48. The van der Waals surface area contributed by atoms with Crippen molar-refractivity contribution in [3.63, 3.8) is 0 Å². The Morgan fingerprint density at radius 3 is 2.35 bits per heavy atom. The second kappa shape index (κ2) is 4.57. The molecule has 0 aromatic carbocycles. The summed E-state index contributed by atoms with van der Waals surface area (Å²) in [6.07, 6.45) is -2.77. The molecular formula is C11H12BrF3N2. The Balaban J connectivity index is 2.43. The molecule has 6 heteroatoms. The zero-order valence-corrected chi connectivity index (χ0v) is 10.6. The largest absolute Gasteiger partial charge is 0.398 e. The number of pyridine rings is 1. The minimum Gasteiger partial charge on any atom is -0.317 e. The summed E-state index contributed by atoms with van der Waals surface area (Å²) in [5, 5.41) is 2.96. The molecule has 0 spiro atoms. The second-order valence-corrected chi connectivity index (χ2v) is 5.01. The van der Waals surface area contributed by atoms with Crippen molar-refractivity contribution in [3.8, 4) is 0 Å². The minimum absolute atomic E-state index is 0.0693. The first kappa shape index (κ1) is 12.8. The number of aromatic nitrogens is 1. The number of alkyl halides is 3. The van der Waals surface area contributed by atoms with Crippen LogP contribution in [0.2, 0.25) is 0 Å². The summed E-state index contributed by atoms with van der Waals surface area (Å²) in [7, 11) is 0. The highest BCUT2D eigenvalue weighted by Gasteiger charge is 2.55. The van der Waals surface area contributed by atoms with E-state index in [0.29, 0.717) is 17.7 Å².